The average molecular weight is 217 g/mol. The van der Waals surface area contributed by atoms with Crippen LogP contribution < -0.4 is 11.1 Å². The van der Waals surface area contributed by atoms with Crippen LogP contribution in [0.3, 0.4) is 0 Å². The zero-order chi connectivity index (χ0) is 11.0. The van der Waals surface area contributed by atoms with E-state index in [1.807, 2.05) is 18.2 Å². The van der Waals surface area contributed by atoms with Gasteiger partial charge < -0.3 is 11.1 Å². The van der Waals surface area contributed by atoms with Gasteiger partial charge >= 0.3 is 0 Å². The van der Waals surface area contributed by atoms with Crippen LogP contribution in [0.25, 0.3) is 0 Å². The molecular weight excluding hydrogens is 198 g/mol. The van der Waals surface area contributed by atoms with E-state index < -0.39 is 0 Å². The van der Waals surface area contributed by atoms with Gasteiger partial charge in [-0.05, 0) is 37.5 Å². The number of hydrogen-bond acceptors (Lipinski definition) is 3. The first kappa shape index (κ1) is 9.97. The Balaban J connectivity index is 1.59. The molecule has 0 bridgehead atoms. The largest absolute Gasteiger partial charge is 0.399 e. The lowest BCUT2D eigenvalue weighted by atomic mass is 10.2. The van der Waals surface area contributed by atoms with Crippen molar-refractivity contribution in [2.75, 3.05) is 24.1 Å². The molecule has 1 aromatic rings. The molecule has 1 heterocycles. The van der Waals surface area contributed by atoms with E-state index in [2.05, 4.69) is 16.3 Å². The van der Waals surface area contributed by atoms with Crippen LogP contribution in [0.5, 0.6) is 0 Å². The van der Waals surface area contributed by atoms with E-state index in [0.29, 0.717) is 6.04 Å². The second kappa shape index (κ2) is 3.98. The molecule has 1 aliphatic heterocycles. The van der Waals surface area contributed by atoms with Crippen LogP contribution in [0.4, 0.5) is 11.4 Å². The quantitative estimate of drug-likeness (QED) is 0.760. The highest BCUT2D eigenvalue weighted by Crippen LogP contribution is 2.30. The van der Waals surface area contributed by atoms with Crippen molar-refractivity contribution < 1.29 is 0 Å². The molecule has 0 aromatic heterocycles. The third-order valence-electron chi connectivity index (χ3n) is 3.54. The highest BCUT2D eigenvalue weighted by Gasteiger charge is 2.34. The third-order valence-corrected chi connectivity index (χ3v) is 3.54. The van der Waals surface area contributed by atoms with Gasteiger partial charge in [0, 0.05) is 36.5 Å². The van der Waals surface area contributed by atoms with Crippen LogP contribution in [-0.2, 0) is 0 Å². The number of likely N-dealkylation sites (tertiary alicyclic amines) is 1. The predicted octanol–water partition coefficient (Wildman–Crippen LogP) is 1.92. The van der Waals surface area contributed by atoms with Gasteiger partial charge in [-0.3, -0.25) is 4.90 Å². The van der Waals surface area contributed by atoms with Crippen LogP contribution in [0.2, 0.25) is 0 Å². The summed E-state index contributed by atoms with van der Waals surface area (Å²) in [7, 11) is 0. The number of nitrogens with two attached hydrogens (primary N) is 1. The van der Waals surface area contributed by atoms with Gasteiger partial charge in [0.05, 0.1) is 0 Å². The van der Waals surface area contributed by atoms with Gasteiger partial charge in [-0.2, -0.15) is 0 Å². The lowest BCUT2D eigenvalue weighted by Gasteiger charge is -2.16. The van der Waals surface area contributed by atoms with Gasteiger partial charge in [0.25, 0.3) is 0 Å². The summed E-state index contributed by atoms with van der Waals surface area (Å²) in [6.45, 7) is 2.45. The number of nitrogens with zero attached hydrogens (tertiary/aromatic N) is 1. The minimum Gasteiger partial charge on any atom is -0.399 e. The molecule has 1 saturated carbocycles. The maximum absolute atomic E-state index is 5.77. The van der Waals surface area contributed by atoms with Crippen molar-refractivity contribution in [1.82, 2.24) is 4.90 Å². The Bertz CT molecular complexity index is 373. The molecule has 1 aromatic carbocycles. The van der Waals surface area contributed by atoms with Crippen molar-refractivity contribution >= 4 is 11.4 Å². The number of rotatable bonds is 3. The van der Waals surface area contributed by atoms with Gasteiger partial charge in [-0.25, -0.2) is 0 Å². The standard InChI is InChI=1S/C13H19N3/c14-10-2-1-3-11(8-10)15-12-6-7-16(9-12)13-4-5-13/h1-3,8,12-13,15H,4-7,9,14H2. The summed E-state index contributed by atoms with van der Waals surface area (Å²) in [5, 5.41) is 3.57. The van der Waals surface area contributed by atoms with Crippen molar-refractivity contribution in [3.05, 3.63) is 24.3 Å². The minimum absolute atomic E-state index is 0.599. The molecular formula is C13H19N3. The van der Waals surface area contributed by atoms with Crippen LogP contribution in [-0.4, -0.2) is 30.1 Å². The topological polar surface area (TPSA) is 41.3 Å². The molecule has 0 spiro atoms. The molecule has 1 unspecified atom stereocenters. The fourth-order valence-corrected chi connectivity index (χ4v) is 2.54. The van der Waals surface area contributed by atoms with Crippen LogP contribution >= 0.6 is 0 Å². The second-order valence-corrected chi connectivity index (χ2v) is 4.98. The first-order valence-corrected chi connectivity index (χ1v) is 6.17. The van der Waals surface area contributed by atoms with Crippen molar-refractivity contribution in [2.24, 2.45) is 0 Å². The van der Waals surface area contributed by atoms with Gasteiger partial charge in [0.2, 0.25) is 0 Å². The van der Waals surface area contributed by atoms with Crippen molar-refractivity contribution in [3.8, 4) is 0 Å². The number of benzene rings is 1. The predicted molar refractivity (Wildman–Crippen MR) is 67.5 cm³/mol. The Hall–Kier alpha value is -1.22. The monoisotopic (exact) mass is 217 g/mol. The molecule has 1 saturated heterocycles. The summed E-state index contributed by atoms with van der Waals surface area (Å²) in [6, 6.07) is 9.53. The molecule has 16 heavy (non-hydrogen) atoms. The lowest BCUT2D eigenvalue weighted by Crippen LogP contribution is -2.27. The first-order valence-electron chi connectivity index (χ1n) is 6.17. The number of hydrogen-bond donors (Lipinski definition) is 2. The zero-order valence-corrected chi connectivity index (χ0v) is 9.52. The van der Waals surface area contributed by atoms with E-state index in [0.717, 1.165) is 17.4 Å². The van der Waals surface area contributed by atoms with Crippen LogP contribution in [0.1, 0.15) is 19.3 Å². The van der Waals surface area contributed by atoms with Crippen molar-refractivity contribution in [1.29, 1.82) is 0 Å². The fraction of sp³-hybridized carbons (Fsp3) is 0.538. The molecule has 1 aliphatic carbocycles. The van der Waals surface area contributed by atoms with E-state index >= 15 is 0 Å². The summed E-state index contributed by atoms with van der Waals surface area (Å²) >= 11 is 0. The number of nitrogens with one attached hydrogen (secondary N) is 1. The average Bonchev–Trinajstić information content (AvgIpc) is 3.01. The Morgan fingerprint density at radius 1 is 1.25 bits per heavy atom. The van der Waals surface area contributed by atoms with Gasteiger partial charge in [0.15, 0.2) is 0 Å². The molecule has 0 amide bonds. The molecule has 3 N–H and O–H groups in total. The summed E-state index contributed by atoms with van der Waals surface area (Å²) < 4.78 is 0. The minimum atomic E-state index is 0.599. The maximum Gasteiger partial charge on any atom is 0.0400 e. The third kappa shape index (κ3) is 2.14. The van der Waals surface area contributed by atoms with Crippen LogP contribution in [0, 0.1) is 0 Å². The van der Waals surface area contributed by atoms with E-state index in [1.54, 1.807) is 0 Å². The number of anilines is 2. The highest BCUT2D eigenvalue weighted by molar-refractivity contribution is 5.54. The second-order valence-electron chi connectivity index (χ2n) is 4.98. The van der Waals surface area contributed by atoms with E-state index in [4.69, 9.17) is 5.73 Å². The van der Waals surface area contributed by atoms with E-state index in [1.165, 1.54) is 32.4 Å². The Labute approximate surface area is 96.6 Å². The molecule has 3 heteroatoms. The molecule has 0 radical (unpaired) electrons. The van der Waals surface area contributed by atoms with E-state index in [9.17, 15) is 0 Å². The molecule has 1 atom stereocenters. The van der Waals surface area contributed by atoms with Gasteiger partial charge in [0.1, 0.15) is 0 Å². The SMILES string of the molecule is Nc1cccc(NC2CCN(C3CC3)C2)c1. The molecule has 2 fully saturated rings. The van der Waals surface area contributed by atoms with Crippen molar-refractivity contribution in [2.45, 2.75) is 31.3 Å². The van der Waals surface area contributed by atoms with Crippen molar-refractivity contribution in [3.63, 3.8) is 0 Å². The Kier molecular flexibility index (Phi) is 2.48. The summed E-state index contributed by atoms with van der Waals surface area (Å²) in [6.07, 6.45) is 4.07. The molecule has 86 valence electrons. The van der Waals surface area contributed by atoms with Gasteiger partial charge in [-0.1, -0.05) is 6.07 Å². The number of nitrogen functional groups attached to an aromatic ring is 1. The smallest absolute Gasteiger partial charge is 0.0400 e. The van der Waals surface area contributed by atoms with E-state index in [-0.39, 0.29) is 0 Å². The summed E-state index contributed by atoms with van der Waals surface area (Å²) in [4.78, 5) is 2.62. The van der Waals surface area contributed by atoms with Crippen LogP contribution in [0.15, 0.2) is 24.3 Å². The van der Waals surface area contributed by atoms with Gasteiger partial charge in [-0.15, -0.1) is 0 Å². The Morgan fingerprint density at radius 2 is 2.12 bits per heavy atom. The normalized spacial score (nSPS) is 25.9. The lowest BCUT2D eigenvalue weighted by molar-refractivity contribution is 0.326. The maximum atomic E-state index is 5.77. The molecule has 3 rings (SSSR count). The fourth-order valence-electron chi connectivity index (χ4n) is 2.54. The zero-order valence-electron chi connectivity index (χ0n) is 9.52. The summed E-state index contributed by atoms with van der Waals surface area (Å²) in [5.41, 5.74) is 7.76. The Morgan fingerprint density at radius 3 is 2.88 bits per heavy atom. The first-order chi connectivity index (χ1) is 7.81. The summed E-state index contributed by atoms with van der Waals surface area (Å²) in [5.74, 6) is 0. The molecule has 2 aliphatic rings. The highest BCUT2D eigenvalue weighted by atomic mass is 15.2. The molecule has 3 nitrogen and oxygen atoms in total.